The number of thiocarbonyl (C=S) groups is 1. The van der Waals surface area contributed by atoms with Gasteiger partial charge in [0.1, 0.15) is 12.4 Å². The molecule has 0 aliphatic heterocycles. The molecule has 3 aromatic carbocycles. The van der Waals surface area contributed by atoms with Crippen LogP contribution >= 0.6 is 12.2 Å². The maximum atomic E-state index is 6.71. The minimum Gasteiger partial charge on any atom is -0.489 e. The van der Waals surface area contributed by atoms with Gasteiger partial charge in [0.2, 0.25) is 0 Å². The number of fused-ring (bicyclic) bond motifs is 5. The van der Waals surface area contributed by atoms with Gasteiger partial charge in [-0.1, -0.05) is 73.7 Å². The Balaban J connectivity index is 1.24. The molecule has 0 saturated heterocycles. The monoisotopic (exact) mass is 554 g/mol. The van der Waals surface area contributed by atoms with Crippen LogP contribution in [0.5, 0.6) is 5.75 Å². The predicted molar refractivity (Wildman–Crippen MR) is 165 cm³/mol. The van der Waals surface area contributed by atoms with Gasteiger partial charge in [-0.05, 0) is 115 Å². The van der Waals surface area contributed by atoms with Crippen LogP contribution in [0.1, 0.15) is 74.1 Å². The van der Waals surface area contributed by atoms with Crippen LogP contribution < -0.4 is 4.74 Å². The topological polar surface area (TPSA) is 27.7 Å². The Morgan fingerprint density at radius 3 is 2.35 bits per heavy atom. The second kappa shape index (κ2) is 12.0. The highest BCUT2D eigenvalue weighted by molar-refractivity contribution is 7.80. The molecule has 210 valence electrons. The summed E-state index contributed by atoms with van der Waals surface area (Å²) >= 11 is 5.76. The summed E-state index contributed by atoms with van der Waals surface area (Å²) in [5, 5.41) is 0.767. The Morgan fingerprint density at radius 2 is 1.62 bits per heavy atom. The minimum atomic E-state index is 0.165. The molecule has 6 rings (SSSR count). The van der Waals surface area contributed by atoms with E-state index in [9.17, 15) is 0 Å². The van der Waals surface area contributed by atoms with Crippen molar-refractivity contribution in [2.24, 2.45) is 23.2 Å². The van der Waals surface area contributed by atoms with Gasteiger partial charge in [-0.25, -0.2) is 0 Å². The summed E-state index contributed by atoms with van der Waals surface area (Å²) in [6.45, 7) is 6.48. The van der Waals surface area contributed by atoms with Crippen LogP contribution in [-0.4, -0.2) is 17.8 Å². The molecule has 6 atom stereocenters. The van der Waals surface area contributed by atoms with Crippen molar-refractivity contribution in [1.82, 2.24) is 0 Å². The maximum absolute atomic E-state index is 6.71. The maximum Gasteiger partial charge on any atom is 0.159 e. The van der Waals surface area contributed by atoms with Gasteiger partial charge in [0.05, 0.1) is 19.3 Å². The van der Waals surface area contributed by atoms with Crippen LogP contribution in [0.25, 0.3) is 0 Å². The van der Waals surface area contributed by atoms with Crippen molar-refractivity contribution in [3.63, 3.8) is 0 Å². The van der Waals surface area contributed by atoms with E-state index in [0.717, 1.165) is 36.5 Å². The van der Waals surface area contributed by atoms with Crippen molar-refractivity contribution in [2.75, 3.05) is 6.61 Å². The van der Waals surface area contributed by atoms with E-state index in [1.165, 1.54) is 35.1 Å². The van der Waals surface area contributed by atoms with E-state index in [1.54, 1.807) is 0 Å². The first kappa shape index (κ1) is 27.5. The van der Waals surface area contributed by atoms with Crippen molar-refractivity contribution in [3.8, 4) is 5.75 Å². The summed E-state index contributed by atoms with van der Waals surface area (Å²) in [7, 11) is 0. The van der Waals surface area contributed by atoms with Crippen molar-refractivity contribution < 1.29 is 14.2 Å². The number of rotatable bonds is 9. The second-order valence-corrected chi connectivity index (χ2v) is 12.8. The van der Waals surface area contributed by atoms with Crippen molar-refractivity contribution >= 4 is 17.3 Å². The molecule has 1 unspecified atom stereocenters. The molecule has 40 heavy (non-hydrogen) atoms. The quantitative estimate of drug-likeness (QED) is 0.247. The number of ether oxygens (including phenoxy) is 3. The van der Waals surface area contributed by atoms with Gasteiger partial charge in [-0.2, -0.15) is 0 Å². The standard InChI is InChI=1S/C36H42O3S/c1-3-37-34(40)21-28-22-36(2)32(18-19-33(36)39-24-26-12-8-5-9-13-26)31-16-14-27-20-29(15-17-30(27)35(28)31)38-23-25-10-6-4-7-11-25/h4-13,15,17,20,28,31-33,35H,3,14,16,18-19,21-24H2,1-2H3/t28-,31-,32-,33?,35+,36-/m0/s1. The van der Waals surface area contributed by atoms with Gasteiger partial charge in [0, 0.05) is 6.42 Å². The van der Waals surface area contributed by atoms with Crippen LogP contribution in [0.4, 0.5) is 0 Å². The first-order chi connectivity index (χ1) is 19.5. The third-order valence-corrected chi connectivity index (χ3v) is 10.3. The first-order valence-electron chi connectivity index (χ1n) is 15.2. The minimum absolute atomic E-state index is 0.165. The zero-order chi connectivity index (χ0) is 27.5. The van der Waals surface area contributed by atoms with Crippen molar-refractivity contribution in [3.05, 3.63) is 101 Å². The summed E-state index contributed by atoms with van der Waals surface area (Å²) in [5.74, 6) is 3.27. The molecule has 0 bridgehead atoms. The van der Waals surface area contributed by atoms with E-state index >= 15 is 0 Å². The Labute approximate surface area is 245 Å². The summed E-state index contributed by atoms with van der Waals surface area (Å²) in [6.07, 6.45) is 7.03. The Kier molecular flexibility index (Phi) is 8.27. The Morgan fingerprint density at radius 1 is 0.900 bits per heavy atom. The Bertz CT molecular complexity index is 1290. The molecular weight excluding hydrogens is 512 g/mol. The van der Waals surface area contributed by atoms with Gasteiger partial charge >= 0.3 is 0 Å². The lowest BCUT2D eigenvalue weighted by Crippen LogP contribution is -2.48. The van der Waals surface area contributed by atoms with E-state index in [2.05, 4.69) is 79.7 Å². The highest BCUT2D eigenvalue weighted by Crippen LogP contribution is 2.64. The Hall–Kier alpha value is -2.69. The van der Waals surface area contributed by atoms with Gasteiger partial charge < -0.3 is 14.2 Å². The van der Waals surface area contributed by atoms with Crippen molar-refractivity contribution in [1.29, 1.82) is 0 Å². The summed E-state index contributed by atoms with van der Waals surface area (Å²) in [4.78, 5) is 0. The lowest BCUT2D eigenvalue weighted by atomic mass is 9.51. The lowest BCUT2D eigenvalue weighted by Gasteiger charge is -2.54. The van der Waals surface area contributed by atoms with Gasteiger partial charge in [0.25, 0.3) is 0 Å². The van der Waals surface area contributed by atoms with Crippen LogP contribution in [0.3, 0.4) is 0 Å². The number of hydrogen-bond donors (Lipinski definition) is 0. The van der Waals surface area contributed by atoms with E-state index in [-0.39, 0.29) is 11.5 Å². The van der Waals surface area contributed by atoms with Crippen LogP contribution in [-0.2, 0) is 29.1 Å². The smallest absolute Gasteiger partial charge is 0.159 e. The molecule has 2 saturated carbocycles. The third-order valence-electron chi connectivity index (χ3n) is 10.0. The highest BCUT2D eigenvalue weighted by Gasteiger charge is 2.58. The molecule has 0 radical (unpaired) electrons. The number of aryl methyl sites for hydroxylation is 1. The molecule has 3 aliphatic carbocycles. The SMILES string of the molecule is CCOC(=S)C[C@H]1C[C@]2(C)C(OCc3ccccc3)CC[C@H]2[C@@H]2CCc3cc(OCc4ccccc4)ccc3[C@@H]12. The first-order valence-corrected chi connectivity index (χ1v) is 15.6. The molecular formula is C36H42O3S. The fraction of sp³-hybridized carbons (Fsp3) is 0.472. The number of benzene rings is 3. The number of hydrogen-bond acceptors (Lipinski definition) is 4. The molecule has 0 heterocycles. The predicted octanol–water partition coefficient (Wildman–Crippen LogP) is 8.69. The van der Waals surface area contributed by atoms with Crippen LogP contribution in [0.15, 0.2) is 78.9 Å². The summed E-state index contributed by atoms with van der Waals surface area (Å²) in [5.41, 5.74) is 5.59. The van der Waals surface area contributed by atoms with Gasteiger partial charge in [-0.15, -0.1) is 0 Å². The normalized spacial score (nSPS) is 28.7. The average Bonchev–Trinajstić information content (AvgIpc) is 3.31. The van der Waals surface area contributed by atoms with Crippen LogP contribution in [0, 0.1) is 23.2 Å². The lowest BCUT2D eigenvalue weighted by molar-refractivity contribution is -0.0860. The fourth-order valence-corrected chi connectivity index (χ4v) is 8.66. The summed E-state index contributed by atoms with van der Waals surface area (Å²) < 4.78 is 18.8. The van der Waals surface area contributed by atoms with Gasteiger partial charge in [0.15, 0.2) is 5.05 Å². The van der Waals surface area contributed by atoms with E-state index in [1.807, 2.05) is 13.0 Å². The zero-order valence-corrected chi connectivity index (χ0v) is 24.7. The van der Waals surface area contributed by atoms with E-state index < -0.39 is 0 Å². The van der Waals surface area contributed by atoms with E-state index in [4.69, 9.17) is 26.4 Å². The fourth-order valence-electron chi connectivity index (χ4n) is 8.33. The molecule has 0 N–H and O–H groups in total. The van der Waals surface area contributed by atoms with E-state index in [0.29, 0.717) is 43.5 Å². The van der Waals surface area contributed by atoms with Gasteiger partial charge in [-0.3, -0.25) is 0 Å². The second-order valence-electron chi connectivity index (χ2n) is 12.3. The highest BCUT2D eigenvalue weighted by atomic mass is 32.1. The largest absolute Gasteiger partial charge is 0.489 e. The molecule has 4 heteroatoms. The van der Waals surface area contributed by atoms with Crippen LogP contribution in [0.2, 0.25) is 0 Å². The van der Waals surface area contributed by atoms with Crippen molar-refractivity contribution in [2.45, 2.75) is 77.6 Å². The zero-order valence-electron chi connectivity index (χ0n) is 23.9. The average molecular weight is 555 g/mol. The third kappa shape index (κ3) is 5.58. The summed E-state index contributed by atoms with van der Waals surface area (Å²) in [6, 6.07) is 27.9. The molecule has 3 aromatic rings. The molecule has 3 aliphatic rings. The molecule has 0 amide bonds. The molecule has 0 aromatic heterocycles. The molecule has 2 fully saturated rings. The molecule has 3 nitrogen and oxygen atoms in total. The molecule has 0 spiro atoms.